The van der Waals surface area contributed by atoms with Crippen LogP contribution in [-0.4, -0.2) is 76.9 Å². The summed E-state index contributed by atoms with van der Waals surface area (Å²) in [7, 11) is 0. The van der Waals surface area contributed by atoms with Crippen LogP contribution in [0.4, 0.5) is 4.79 Å². The van der Waals surface area contributed by atoms with Crippen molar-refractivity contribution >= 4 is 23.9 Å². The van der Waals surface area contributed by atoms with E-state index in [1.807, 2.05) is 6.07 Å². The monoisotopic (exact) mass is 571 g/mol. The molecule has 0 aliphatic heterocycles. The summed E-state index contributed by atoms with van der Waals surface area (Å²) in [6.07, 6.45) is -0.862. The van der Waals surface area contributed by atoms with Gasteiger partial charge in [-0.15, -0.1) is 0 Å². The fourth-order valence-electron chi connectivity index (χ4n) is 4.14. The number of carbonyl (C=O) groups is 4. The van der Waals surface area contributed by atoms with Crippen molar-refractivity contribution in [2.75, 3.05) is 26.3 Å². The highest BCUT2D eigenvalue weighted by atomic mass is 16.6. The van der Waals surface area contributed by atoms with Gasteiger partial charge in [0.05, 0.1) is 19.6 Å². The normalized spacial score (nSPS) is 12.5. The molecule has 4 N–H and O–H groups in total. The number of esters is 1. The van der Waals surface area contributed by atoms with Crippen LogP contribution < -0.4 is 10.6 Å². The van der Waals surface area contributed by atoms with E-state index < -0.39 is 48.2 Å². The van der Waals surface area contributed by atoms with Gasteiger partial charge in [0.2, 0.25) is 11.8 Å². The number of phenols is 1. The van der Waals surface area contributed by atoms with Crippen LogP contribution >= 0.6 is 0 Å². The number of aromatic hydroxyl groups is 1. The van der Waals surface area contributed by atoms with E-state index in [9.17, 15) is 29.4 Å². The highest BCUT2D eigenvalue weighted by Crippen LogP contribution is 2.32. The maximum Gasteiger partial charge on any atom is 0.408 e. The van der Waals surface area contributed by atoms with Gasteiger partial charge in [0.1, 0.15) is 23.4 Å². The minimum atomic E-state index is -1.39. The van der Waals surface area contributed by atoms with E-state index in [0.717, 1.165) is 10.5 Å². The Morgan fingerprint density at radius 2 is 1.71 bits per heavy atom. The topological polar surface area (TPSA) is 154 Å². The van der Waals surface area contributed by atoms with Crippen molar-refractivity contribution in [1.82, 2.24) is 15.5 Å². The molecule has 41 heavy (non-hydrogen) atoms. The molecule has 3 amide bonds. The number of ether oxygens (including phenoxy) is 2. The van der Waals surface area contributed by atoms with Crippen LogP contribution in [0.2, 0.25) is 0 Å². The average Bonchev–Trinajstić information content (AvgIpc) is 2.89. The van der Waals surface area contributed by atoms with Crippen molar-refractivity contribution in [3.63, 3.8) is 0 Å². The number of aliphatic hydroxyl groups is 1. The van der Waals surface area contributed by atoms with Crippen molar-refractivity contribution in [3.05, 3.63) is 65.2 Å². The summed E-state index contributed by atoms with van der Waals surface area (Å²) in [6.45, 7) is 7.71. The van der Waals surface area contributed by atoms with Gasteiger partial charge in [0, 0.05) is 25.1 Å². The molecule has 0 fully saturated rings. The molecule has 11 nitrogen and oxygen atoms in total. The van der Waals surface area contributed by atoms with E-state index in [1.165, 1.54) is 6.07 Å². The molecule has 0 heterocycles. The first-order chi connectivity index (χ1) is 19.4. The van der Waals surface area contributed by atoms with Gasteiger partial charge in [0.25, 0.3) is 0 Å². The number of rotatable bonds is 13. The molecule has 2 atom stereocenters. The number of carbonyl (C=O) groups excluding carboxylic acids is 4. The summed E-state index contributed by atoms with van der Waals surface area (Å²) < 4.78 is 10.3. The molecule has 0 spiro atoms. The van der Waals surface area contributed by atoms with E-state index in [-0.39, 0.29) is 43.9 Å². The summed E-state index contributed by atoms with van der Waals surface area (Å²) in [5.74, 6) is -2.07. The molecule has 2 unspecified atom stereocenters. The van der Waals surface area contributed by atoms with Crippen molar-refractivity contribution in [2.24, 2.45) is 0 Å². The molecule has 2 aromatic rings. The number of phenolic OH excluding ortho intramolecular Hbond substituents is 1. The van der Waals surface area contributed by atoms with Crippen molar-refractivity contribution < 1.29 is 38.9 Å². The van der Waals surface area contributed by atoms with Crippen LogP contribution in [0.1, 0.15) is 56.8 Å². The Labute approximate surface area is 240 Å². The van der Waals surface area contributed by atoms with Crippen LogP contribution in [0.5, 0.6) is 5.75 Å². The zero-order valence-corrected chi connectivity index (χ0v) is 24.3. The summed E-state index contributed by atoms with van der Waals surface area (Å²) in [4.78, 5) is 53.4. The number of nitrogens with zero attached hydrogens (tertiary/aromatic N) is 1. The van der Waals surface area contributed by atoms with Crippen molar-refractivity contribution in [2.45, 2.75) is 65.1 Å². The highest BCUT2D eigenvalue weighted by Gasteiger charge is 2.37. The SMILES string of the molecule is CCOC(=O)CCNC(=O)C(c1cccc(C)c1O)N(CCO)C(=O)C(Cc1ccccc1)NC(=O)OC(C)(C)C. The van der Waals surface area contributed by atoms with Crippen LogP contribution in [0.25, 0.3) is 0 Å². The lowest BCUT2D eigenvalue weighted by atomic mass is 9.98. The fourth-order valence-corrected chi connectivity index (χ4v) is 4.14. The zero-order valence-electron chi connectivity index (χ0n) is 24.3. The maximum atomic E-state index is 14.1. The number of benzene rings is 2. The lowest BCUT2D eigenvalue weighted by Crippen LogP contribution is -2.54. The molecule has 2 rings (SSSR count). The molecular weight excluding hydrogens is 530 g/mol. The van der Waals surface area contributed by atoms with E-state index in [4.69, 9.17) is 9.47 Å². The van der Waals surface area contributed by atoms with Gasteiger partial charge in [-0.1, -0.05) is 48.5 Å². The standard InChI is InChI=1S/C30H41N3O8/c1-6-40-24(35)15-16-31-27(37)25(22-14-10-11-20(2)26(22)36)33(17-18-34)28(38)23(19-21-12-8-7-9-13-21)32-29(39)41-30(3,4)5/h7-14,23,25,34,36H,6,15-19H2,1-5H3,(H,31,37)(H,32,39). The minimum Gasteiger partial charge on any atom is -0.507 e. The van der Waals surface area contributed by atoms with E-state index in [0.29, 0.717) is 5.56 Å². The largest absolute Gasteiger partial charge is 0.507 e. The molecule has 0 aliphatic rings. The Hall–Kier alpha value is -4.12. The molecule has 0 radical (unpaired) electrons. The molecule has 0 aromatic heterocycles. The number of alkyl carbamates (subject to hydrolysis) is 1. The first kappa shape index (κ1) is 33.1. The molecule has 0 aliphatic carbocycles. The molecule has 0 saturated carbocycles. The van der Waals surface area contributed by atoms with E-state index in [2.05, 4.69) is 10.6 Å². The van der Waals surface area contributed by atoms with Gasteiger partial charge in [-0.2, -0.15) is 0 Å². The van der Waals surface area contributed by atoms with Crippen LogP contribution in [0.3, 0.4) is 0 Å². The summed E-state index contributed by atoms with van der Waals surface area (Å²) in [5.41, 5.74) is 0.496. The highest BCUT2D eigenvalue weighted by molar-refractivity contribution is 5.93. The van der Waals surface area contributed by atoms with Crippen LogP contribution in [-0.2, 0) is 30.3 Å². The maximum absolute atomic E-state index is 14.1. The van der Waals surface area contributed by atoms with E-state index in [1.54, 1.807) is 71.0 Å². The molecule has 0 saturated heterocycles. The second-order valence-electron chi connectivity index (χ2n) is 10.4. The quantitative estimate of drug-likeness (QED) is 0.268. The number of hydrogen-bond donors (Lipinski definition) is 4. The lowest BCUT2D eigenvalue weighted by molar-refractivity contribution is -0.144. The third kappa shape index (κ3) is 10.4. The molecule has 0 bridgehead atoms. The average molecular weight is 572 g/mol. The number of aryl methyl sites for hydroxylation is 1. The first-order valence-corrected chi connectivity index (χ1v) is 13.5. The van der Waals surface area contributed by atoms with Crippen LogP contribution in [0, 0.1) is 6.92 Å². The van der Waals surface area contributed by atoms with Gasteiger partial charge in [0.15, 0.2) is 0 Å². The molecule has 11 heteroatoms. The predicted octanol–water partition coefficient (Wildman–Crippen LogP) is 2.77. The molecule has 2 aromatic carbocycles. The fraction of sp³-hybridized carbons (Fsp3) is 0.467. The number of aliphatic hydroxyl groups excluding tert-OH is 1. The lowest BCUT2D eigenvalue weighted by Gasteiger charge is -2.34. The van der Waals surface area contributed by atoms with Crippen LogP contribution in [0.15, 0.2) is 48.5 Å². The Bertz CT molecular complexity index is 1180. The number of nitrogens with one attached hydrogen (secondary N) is 2. The van der Waals surface area contributed by atoms with Crippen molar-refractivity contribution in [1.29, 1.82) is 0 Å². The predicted molar refractivity (Wildman–Crippen MR) is 152 cm³/mol. The number of hydrogen-bond acceptors (Lipinski definition) is 8. The molecule has 224 valence electrons. The van der Waals surface area contributed by atoms with Gasteiger partial charge < -0.3 is 35.2 Å². The first-order valence-electron chi connectivity index (χ1n) is 13.5. The minimum absolute atomic E-state index is 0.0673. The van der Waals surface area contributed by atoms with E-state index >= 15 is 0 Å². The third-order valence-corrected chi connectivity index (χ3v) is 5.95. The number of para-hydroxylation sites is 1. The van der Waals surface area contributed by atoms with Gasteiger partial charge in [-0.3, -0.25) is 14.4 Å². The summed E-state index contributed by atoms with van der Waals surface area (Å²) in [6, 6.07) is 11.2. The second kappa shape index (κ2) is 15.6. The Kier molecular flexibility index (Phi) is 12.6. The zero-order chi connectivity index (χ0) is 30.6. The second-order valence-corrected chi connectivity index (χ2v) is 10.4. The smallest absolute Gasteiger partial charge is 0.408 e. The van der Waals surface area contributed by atoms with Gasteiger partial charge in [-0.05, 0) is 45.7 Å². The summed E-state index contributed by atoms with van der Waals surface area (Å²) >= 11 is 0. The Morgan fingerprint density at radius 1 is 1.02 bits per heavy atom. The number of amides is 3. The summed E-state index contributed by atoms with van der Waals surface area (Å²) in [5, 5.41) is 26.1. The molecular formula is C30H41N3O8. The van der Waals surface area contributed by atoms with Crippen molar-refractivity contribution in [3.8, 4) is 5.75 Å². The third-order valence-electron chi connectivity index (χ3n) is 5.95. The van der Waals surface area contributed by atoms with Gasteiger partial charge in [-0.25, -0.2) is 4.79 Å². The Balaban J connectivity index is 2.50. The Morgan fingerprint density at radius 3 is 2.32 bits per heavy atom. The van der Waals surface area contributed by atoms with Gasteiger partial charge >= 0.3 is 12.1 Å².